The number of para-hydroxylation sites is 1. The van der Waals surface area contributed by atoms with Crippen LogP contribution in [-0.4, -0.2) is 49.8 Å². The lowest BCUT2D eigenvalue weighted by Gasteiger charge is -2.50. The molecule has 1 saturated carbocycles. The number of phenolic OH excluding ortho intramolecular Hbond substituents is 1. The first-order chi connectivity index (χ1) is 26.5. The molecular weight excluding hydrogens is 776 g/mol. The molecule has 6 atom stereocenters. The van der Waals surface area contributed by atoms with Crippen molar-refractivity contribution in [2.75, 3.05) is 10.3 Å². The summed E-state index contributed by atoms with van der Waals surface area (Å²) in [5.74, 6) is -9.83. The van der Waals surface area contributed by atoms with Crippen LogP contribution in [0.15, 0.2) is 90.6 Å². The number of hydrazine groups is 1. The number of phenols is 1. The van der Waals surface area contributed by atoms with Crippen LogP contribution >= 0.6 is 23.2 Å². The SMILES string of the molecule is Cc1cccc([C@H]2C3=CC[C@@H]4C(=O)N(c5cccc(C(=O)O)c5)C(=O)[C@@H]4[C@@H]3C[C@H]3C(=O)N(Nc4ncc(C(F)(F)F)cc4Cl)C(=O)[C@@]23c2ccc(Cl)cc2)c1O. The van der Waals surface area contributed by atoms with Gasteiger partial charge in [0, 0.05) is 22.7 Å². The number of rotatable bonds is 6. The van der Waals surface area contributed by atoms with Crippen molar-refractivity contribution in [3.8, 4) is 5.75 Å². The number of aryl methyl sites for hydroxylation is 1. The van der Waals surface area contributed by atoms with E-state index in [4.69, 9.17) is 23.2 Å². The second kappa shape index (κ2) is 13.2. The lowest BCUT2D eigenvalue weighted by atomic mass is 9.49. The van der Waals surface area contributed by atoms with Gasteiger partial charge in [0.15, 0.2) is 5.82 Å². The third-order valence-electron chi connectivity index (χ3n) is 11.5. The zero-order chi connectivity index (χ0) is 40.0. The topological polar surface area (TPSA) is 157 Å². The van der Waals surface area contributed by atoms with Crippen LogP contribution in [-0.2, 0) is 30.8 Å². The van der Waals surface area contributed by atoms with Gasteiger partial charge >= 0.3 is 12.1 Å². The van der Waals surface area contributed by atoms with Gasteiger partial charge in [0.25, 0.3) is 11.8 Å². The number of benzene rings is 3. The van der Waals surface area contributed by atoms with Crippen molar-refractivity contribution in [1.29, 1.82) is 0 Å². The number of imide groups is 2. The summed E-state index contributed by atoms with van der Waals surface area (Å²) < 4.78 is 40.4. The van der Waals surface area contributed by atoms with Gasteiger partial charge in [-0.25, -0.2) is 9.78 Å². The fourth-order valence-corrected chi connectivity index (χ4v) is 9.41. The summed E-state index contributed by atoms with van der Waals surface area (Å²) in [6.07, 6.45) is -2.58. The van der Waals surface area contributed by atoms with Crippen molar-refractivity contribution in [1.82, 2.24) is 9.99 Å². The Kier molecular flexibility index (Phi) is 8.77. The molecule has 56 heavy (non-hydrogen) atoms. The van der Waals surface area contributed by atoms with E-state index in [1.165, 1.54) is 36.4 Å². The Morgan fingerprint density at radius 1 is 0.946 bits per heavy atom. The molecule has 3 heterocycles. The number of nitrogens with one attached hydrogen (secondary N) is 1. The van der Waals surface area contributed by atoms with Crippen molar-refractivity contribution < 1.29 is 47.4 Å². The monoisotopic (exact) mass is 804 g/mol. The number of nitrogens with zero attached hydrogens (tertiary/aromatic N) is 3. The molecule has 3 aromatic carbocycles. The summed E-state index contributed by atoms with van der Waals surface area (Å²) in [6.45, 7) is 1.66. The van der Waals surface area contributed by atoms with Crippen LogP contribution in [0.4, 0.5) is 24.7 Å². The first-order valence-corrected chi connectivity index (χ1v) is 18.1. The minimum Gasteiger partial charge on any atom is -0.507 e. The average molecular weight is 806 g/mol. The fraction of sp³-hybridized carbons (Fsp3) is 0.250. The van der Waals surface area contributed by atoms with Gasteiger partial charge in [-0.3, -0.25) is 29.5 Å². The minimum absolute atomic E-state index is 0.0514. The number of allylic oxidation sites excluding steroid dienone is 2. The summed E-state index contributed by atoms with van der Waals surface area (Å²) in [5, 5.41) is 21.8. The predicted molar refractivity (Wildman–Crippen MR) is 196 cm³/mol. The third kappa shape index (κ3) is 5.48. The number of carboxylic acid groups (broad SMARTS) is 1. The largest absolute Gasteiger partial charge is 0.507 e. The Labute approximate surface area is 326 Å². The molecule has 0 unspecified atom stereocenters. The van der Waals surface area contributed by atoms with Crippen LogP contribution in [0.3, 0.4) is 0 Å². The van der Waals surface area contributed by atoms with Gasteiger partial charge in [0.1, 0.15) is 5.75 Å². The van der Waals surface area contributed by atoms with E-state index >= 15 is 4.79 Å². The van der Waals surface area contributed by atoms with Gasteiger partial charge < -0.3 is 10.2 Å². The fourth-order valence-electron chi connectivity index (χ4n) is 9.07. The van der Waals surface area contributed by atoms with E-state index in [0.29, 0.717) is 39.0 Å². The smallest absolute Gasteiger partial charge is 0.417 e. The number of alkyl halides is 3. The van der Waals surface area contributed by atoms with E-state index in [2.05, 4.69) is 10.4 Å². The Bertz CT molecular complexity index is 2420. The molecule has 286 valence electrons. The van der Waals surface area contributed by atoms with Crippen LogP contribution in [0.5, 0.6) is 5.75 Å². The summed E-state index contributed by atoms with van der Waals surface area (Å²) >= 11 is 12.5. The molecule has 2 aliphatic heterocycles. The number of hydrogen-bond acceptors (Lipinski definition) is 8. The maximum Gasteiger partial charge on any atom is 0.417 e. The Morgan fingerprint density at radius 3 is 2.34 bits per heavy atom. The number of carbonyl (C=O) groups is 5. The number of aromatic hydroxyl groups is 1. The number of hydrogen-bond donors (Lipinski definition) is 3. The lowest BCUT2D eigenvalue weighted by Crippen LogP contribution is -2.53. The molecule has 0 bridgehead atoms. The molecule has 1 aromatic heterocycles. The molecule has 4 amide bonds. The zero-order valence-electron chi connectivity index (χ0n) is 29.1. The number of fused-ring (bicyclic) bond motifs is 4. The van der Waals surface area contributed by atoms with Gasteiger partial charge in [0.05, 0.1) is 45.0 Å². The molecule has 2 saturated heterocycles. The summed E-state index contributed by atoms with van der Waals surface area (Å²) in [4.78, 5) is 75.2. The van der Waals surface area contributed by atoms with Crippen LogP contribution in [0.1, 0.15) is 51.4 Å². The summed E-state index contributed by atoms with van der Waals surface area (Å²) in [7, 11) is 0. The van der Waals surface area contributed by atoms with Gasteiger partial charge in [-0.15, -0.1) is 0 Å². The molecule has 2 aliphatic carbocycles. The second-order valence-electron chi connectivity index (χ2n) is 14.3. The maximum absolute atomic E-state index is 15.3. The van der Waals surface area contributed by atoms with Crippen molar-refractivity contribution in [3.63, 3.8) is 0 Å². The zero-order valence-corrected chi connectivity index (χ0v) is 30.6. The number of anilines is 2. The van der Waals surface area contributed by atoms with E-state index in [1.54, 1.807) is 43.3 Å². The predicted octanol–water partition coefficient (Wildman–Crippen LogP) is 7.31. The standard InChI is InChI=1S/C40H29Cl2F3N4O7/c1-18-4-2-7-26(32(18)50)31-24-12-13-25-30(36(53)48(34(25)51)23-6-3-5-19(14-23)37(54)55)27(24)16-28-35(52)49(38(56)39(28,31)20-8-10-22(41)11-9-20)47-33-29(42)15-21(17-46-33)40(43,44)45/h2-12,14-15,17,25,27-28,30-31,50H,13,16H2,1H3,(H,46,47)(H,54,55)/t25-,27+,28-,30-,31+,39+/m0/s1. The molecule has 16 heteroatoms. The summed E-state index contributed by atoms with van der Waals surface area (Å²) in [6, 6.07) is 17.2. The molecular formula is C40H29Cl2F3N4O7. The van der Waals surface area contributed by atoms with Crippen molar-refractivity contribution in [2.24, 2.45) is 23.7 Å². The molecule has 3 fully saturated rings. The van der Waals surface area contributed by atoms with Gasteiger partial charge in [0.2, 0.25) is 11.8 Å². The van der Waals surface area contributed by atoms with Crippen molar-refractivity contribution >= 4 is 64.3 Å². The van der Waals surface area contributed by atoms with Crippen LogP contribution in [0, 0.1) is 30.6 Å². The number of halogens is 5. The Balaban J connectivity index is 1.31. The van der Waals surface area contributed by atoms with Crippen molar-refractivity contribution in [3.05, 3.63) is 129 Å². The minimum atomic E-state index is -4.78. The van der Waals surface area contributed by atoms with E-state index in [1.807, 2.05) is 0 Å². The van der Waals surface area contributed by atoms with Gasteiger partial charge in [-0.05, 0) is 73.2 Å². The summed E-state index contributed by atoms with van der Waals surface area (Å²) in [5.41, 5.74) is 1.07. The highest BCUT2D eigenvalue weighted by molar-refractivity contribution is 6.33. The quantitative estimate of drug-likeness (QED) is 0.134. The molecule has 11 nitrogen and oxygen atoms in total. The molecule has 8 rings (SSSR count). The maximum atomic E-state index is 15.3. The normalized spacial score (nSPS) is 25.8. The Morgan fingerprint density at radius 2 is 1.66 bits per heavy atom. The van der Waals surface area contributed by atoms with Gasteiger partial charge in [-0.1, -0.05) is 71.2 Å². The Hall–Kier alpha value is -5.73. The van der Waals surface area contributed by atoms with E-state index in [-0.39, 0.29) is 35.4 Å². The van der Waals surface area contributed by atoms with E-state index < -0.39 is 87.2 Å². The third-order valence-corrected chi connectivity index (χ3v) is 12.0. The number of carbonyl (C=O) groups excluding carboxylic acids is 4. The number of carboxylic acids is 1. The average Bonchev–Trinajstić information content (AvgIpc) is 3.54. The number of pyridine rings is 1. The van der Waals surface area contributed by atoms with E-state index in [9.17, 15) is 42.6 Å². The van der Waals surface area contributed by atoms with Gasteiger partial charge in [-0.2, -0.15) is 18.2 Å². The molecule has 0 spiro atoms. The van der Waals surface area contributed by atoms with Crippen LogP contribution in [0.25, 0.3) is 0 Å². The highest BCUT2D eigenvalue weighted by atomic mass is 35.5. The first kappa shape index (κ1) is 37.2. The van der Waals surface area contributed by atoms with E-state index in [0.717, 1.165) is 4.90 Å². The highest BCUT2D eigenvalue weighted by Crippen LogP contribution is 2.65. The molecule has 4 aromatic rings. The lowest BCUT2D eigenvalue weighted by molar-refractivity contribution is -0.139. The molecule has 3 N–H and O–H groups in total. The molecule has 4 aliphatic rings. The first-order valence-electron chi connectivity index (χ1n) is 17.4. The van der Waals surface area contributed by atoms with Crippen LogP contribution in [0.2, 0.25) is 10.0 Å². The molecule has 0 radical (unpaired) electrons. The second-order valence-corrected chi connectivity index (χ2v) is 15.1. The highest BCUT2D eigenvalue weighted by Gasteiger charge is 2.70. The number of amides is 4. The number of aromatic nitrogens is 1. The number of aromatic carboxylic acids is 1. The van der Waals surface area contributed by atoms with Crippen LogP contribution < -0.4 is 10.3 Å². The van der Waals surface area contributed by atoms with Crippen molar-refractivity contribution in [2.45, 2.75) is 37.3 Å².